The predicted molar refractivity (Wildman–Crippen MR) is 93.1 cm³/mol. The standard InChI is InChI=1S/C13H19N.C6H4.ClH/c1-2-7-13(8-3-1)9-6-12-14-10-4-5-11-14;1-2-5-4-6(5)3-1;/h1-3,7-8H,4-6,9-12H2;1-4H;1H. The molecule has 0 unspecified atom stereocenters. The maximum atomic E-state index is 2.59. The molecular weight excluding hydrogens is 278 g/mol. The number of nitrogens with zero attached hydrogens (tertiary/aromatic N) is 1. The Morgan fingerprint density at radius 3 is 2.00 bits per heavy atom. The largest absolute Gasteiger partial charge is 0.303 e. The average Bonchev–Trinajstić information content (AvgIpc) is 2.92. The van der Waals surface area contributed by atoms with Crippen LogP contribution in [0.2, 0.25) is 0 Å². The van der Waals surface area contributed by atoms with Crippen molar-refractivity contribution in [1.29, 1.82) is 0 Å². The Bertz CT molecular complexity index is 515. The Morgan fingerprint density at radius 2 is 1.48 bits per heavy atom. The molecule has 0 saturated carbocycles. The minimum atomic E-state index is 0. The molecular formula is C19H24ClN. The van der Waals surface area contributed by atoms with Crippen molar-refractivity contribution in [1.82, 2.24) is 4.90 Å². The number of hydrogen-bond acceptors (Lipinski definition) is 1. The van der Waals surface area contributed by atoms with Gasteiger partial charge in [0.2, 0.25) is 0 Å². The third kappa shape index (κ3) is 5.18. The van der Waals surface area contributed by atoms with E-state index in [4.69, 9.17) is 0 Å². The molecule has 0 aromatic heterocycles. The van der Waals surface area contributed by atoms with Gasteiger partial charge >= 0.3 is 0 Å². The molecule has 1 nitrogen and oxygen atoms in total. The molecule has 0 N–H and O–H groups in total. The molecule has 3 aliphatic rings. The molecule has 1 aromatic carbocycles. The van der Waals surface area contributed by atoms with E-state index in [2.05, 4.69) is 59.5 Å². The fourth-order valence-corrected chi connectivity index (χ4v) is 2.83. The van der Waals surface area contributed by atoms with Gasteiger partial charge in [-0.1, -0.05) is 48.5 Å². The molecule has 21 heavy (non-hydrogen) atoms. The van der Waals surface area contributed by atoms with Crippen LogP contribution in [0.25, 0.3) is 11.1 Å². The summed E-state index contributed by atoms with van der Waals surface area (Å²) >= 11 is 0. The van der Waals surface area contributed by atoms with Gasteiger partial charge in [-0.2, -0.15) is 0 Å². The summed E-state index contributed by atoms with van der Waals surface area (Å²) in [7, 11) is 0. The Labute approximate surface area is 134 Å². The fourth-order valence-electron chi connectivity index (χ4n) is 2.83. The van der Waals surface area contributed by atoms with Crippen molar-refractivity contribution < 1.29 is 0 Å². The molecule has 2 aliphatic carbocycles. The third-order valence-corrected chi connectivity index (χ3v) is 4.09. The Hall–Kier alpha value is -1.31. The van der Waals surface area contributed by atoms with E-state index < -0.39 is 0 Å². The summed E-state index contributed by atoms with van der Waals surface area (Å²) < 4.78 is 0. The number of benzene rings is 2. The summed E-state index contributed by atoms with van der Waals surface area (Å²) in [6, 6.07) is 19.3. The minimum absolute atomic E-state index is 0. The zero-order valence-electron chi connectivity index (χ0n) is 12.5. The van der Waals surface area contributed by atoms with Crippen molar-refractivity contribution in [2.24, 2.45) is 0 Å². The zero-order chi connectivity index (χ0) is 13.6. The highest BCUT2D eigenvalue weighted by atomic mass is 35.5. The van der Waals surface area contributed by atoms with Crippen molar-refractivity contribution in [3.8, 4) is 11.1 Å². The molecule has 0 radical (unpaired) electrons. The van der Waals surface area contributed by atoms with E-state index >= 15 is 0 Å². The molecule has 4 rings (SSSR count). The van der Waals surface area contributed by atoms with Crippen molar-refractivity contribution in [3.05, 3.63) is 60.2 Å². The van der Waals surface area contributed by atoms with Crippen molar-refractivity contribution in [2.75, 3.05) is 19.6 Å². The van der Waals surface area contributed by atoms with Crippen LogP contribution >= 0.6 is 12.4 Å². The van der Waals surface area contributed by atoms with Gasteiger partial charge in [0, 0.05) is 0 Å². The molecule has 1 heterocycles. The van der Waals surface area contributed by atoms with Crippen molar-refractivity contribution in [2.45, 2.75) is 25.7 Å². The maximum absolute atomic E-state index is 2.59. The average molecular weight is 302 g/mol. The molecule has 0 amide bonds. The summed E-state index contributed by atoms with van der Waals surface area (Å²) in [5.74, 6) is 0. The molecule has 1 saturated heterocycles. The van der Waals surface area contributed by atoms with Gasteiger partial charge in [0.05, 0.1) is 0 Å². The second kappa shape index (κ2) is 8.21. The van der Waals surface area contributed by atoms with Crippen molar-refractivity contribution in [3.63, 3.8) is 0 Å². The van der Waals surface area contributed by atoms with Gasteiger partial charge in [-0.3, -0.25) is 0 Å². The second-order valence-corrected chi connectivity index (χ2v) is 5.72. The van der Waals surface area contributed by atoms with E-state index in [9.17, 15) is 0 Å². The van der Waals surface area contributed by atoms with Crippen LogP contribution < -0.4 is 0 Å². The van der Waals surface area contributed by atoms with Gasteiger partial charge in [-0.05, 0) is 68.1 Å². The first-order chi connectivity index (χ1) is 9.92. The number of rotatable bonds is 4. The van der Waals surface area contributed by atoms with Crippen LogP contribution in [-0.2, 0) is 6.42 Å². The van der Waals surface area contributed by atoms with E-state index in [1.165, 1.54) is 62.0 Å². The smallest absolute Gasteiger partial charge is 0.00156 e. The van der Waals surface area contributed by atoms with Gasteiger partial charge in [0.1, 0.15) is 0 Å². The lowest BCUT2D eigenvalue weighted by atomic mass is 10.1. The molecule has 112 valence electrons. The van der Waals surface area contributed by atoms with Crippen LogP contribution in [0, 0.1) is 0 Å². The topological polar surface area (TPSA) is 3.24 Å². The monoisotopic (exact) mass is 301 g/mol. The lowest BCUT2D eigenvalue weighted by Crippen LogP contribution is -2.20. The molecule has 1 aromatic rings. The first-order valence-electron chi connectivity index (χ1n) is 7.78. The number of likely N-dealkylation sites (tertiary alicyclic amines) is 1. The SMILES string of the molecule is Cl.c1cc2cc-2c1.c1ccc(CCCN2CCCC2)cc1. The highest BCUT2D eigenvalue weighted by Crippen LogP contribution is 2.32. The number of fused-ring (bicyclic) bond motifs is 1. The normalized spacial score (nSPS) is 14.9. The summed E-state index contributed by atoms with van der Waals surface area (Å²) in [4.78, 5) is 2.59. The summed E-state index contributed by atoms with van der Waals surface area (Å²) in [5, 5.41) is 0. The van der Waals surface area contributed by atoms with E-state index in [0.717, 1.165) is 0 Å². The molecule has 1 fully saturated rings. The minimum Gasteiger partial charge on any atom is -0.303 e. The molecule has 1 aliphatic heterocycles. The quantitative estimate of drug-likeness (QED) is 0.669. The summed E-state index contributed by atoms with van der Waals surface area (Å²) in [6.07, 6.45) is 5.36. The van der Waals surface area contributed by atoms with Crippen LogP contribution in [0.4, 0.5) is 0 Å². The summed E-state index contributed by atoms with van der Waals surface area (Å²) in [6.45, 7) is 3.94. The Kier molecular flexibility index (Phi) is 6.28. The Morgan fingerprint density at radius 1 is 0.810 bits per heavy atom. The number of aryl methyl sites for hydroxylation is 1. The number of halogens is 1. The van der Waals surface area contributed by atoms with Gasteiger partial charge in [0.15, 0.2) is 0 Å². The predicted octanol–water partition coefficient (Wildman–Crippen LogP) is 4.80. The third-order valence-electron chi connectivity index (χ3n) is 4.09. The zero-order valence-corrected chi connectivity index (χ0v) is 13.3. The van der Waals surface area contributed by atoms with Gasteiger partial charge in [0.25, 0.3) is 0 Å². The highest BCUT2D eigenvalue weighted by molar-refractivity contribution is 5.85. The van der Waals surface area contributed by atoms with Crippen LogP contribution in [0.1, 0.15) is 24.8 Å². The molecule has 2 heteroatoms. The van der Waals surface area contributed by atoms with Crippen LogP contribution in [0.3, 0.4) is 0 Å². The first-order valence-corrected chi connectivity index (χ1v) is 7.78. The first kappa shape index (κ1) is 16.1. The Balaban J connectivity index is 0.000000191. The maximum Gasteiger partial charge on any atom is -0.00156 e. The lowest BCUT2D eigenvalue weighted by molar-refractivity contribution is 0.334. The van der Waals surface area contributed by atoms with Gasteiger partial charge < -0.3 is 4.90 Å². The van der Waals surface area contributed by atoms with Crippen LogP contribution in [-0.4, -0.2) is 24.5 Å². The van der Waals surface area contributed by atoms with Gasteiger partial charge in [-0.25, -0.2) is 0 Å². The highest BCUT2D eigenvalue weighted by Gasteiger charge is 2.10. The fraction of sp³-hybridized carbons (Fsp3) is 0.368. The van der Waals surface area contributed by atoms with Crippen molar-refractivity contribution >= 4 is 12.4 Å². The molecule has 0 spiro atoms. The van der Waals surface area contributed by atoms with Crippen LogP contribution in [0.5, 0.6) is 0 Å². The van der Waals surface area contributed by atoms with Gasteiger partial charge in [-0.15, -0.1) is 12.4 Å². The van der Waals surface area contributed by atoms with E-state index in [-0.39, 0.29) is 12.4 Å². The van der Waals surface area contributed by atoms with E-state index in [1.807, 2.05) is 0 Å². The van der Waals surface area contributed by atoms with Crippen LogP contribution in [0.15, 0.2) is 54.6 Å². The van der Waals surface area contributed by atoms with E-state index in [1.54, 1.807) is 0 Å². The lowest BCUT2D eigenvalue weighted by Gasteiger charge is -2.13. The molecule has 0 atom stereocenters. The summed E-state index contributed by atoms with van der Waals surface area (Å²) in [5.41, 5.74) is 4.33. The van der Waals surface area contributed by atoms with E-state index in [0.29, 0.717) is 0 Å². The number of hydrogen-bond donors (Lipinski definition) is 0. The molecule has 0 bridgehead atoms. The second-order valence-electron chi connectivity index (χ2n) is 5.72.